The van der Waals surface area contributed by atoms with Gasteiger partial charge in [-0.2, -0.15) is 0 Å². The van der Waals surface area contributed by atoms with Gasteiger partial charge in [0, 0.05) is 6.20 Å². The van der Waals surface area contributed by atoms with Crippen LogP contribution in [0, 0.1) is 13.8 Å². The predicted octanol–water partition coefficient (Wildman–Crippen LogP) is 2.95. The average Bonchev–Trinajstić information content (AvgIpc) is 2.49. The molecule has 21 heavy (non-hydrogen) atoms. The molecule has 0 aliphatic carbocycles. The van der Waals surface area contributed by atoms with E-state index in [-0.39, 0.29) is 0 Å². The van der Waals surface area contributed by atoms with E-state index in [9.17, 15) is 4.21 Å². The highest BCUT2D eigenvalue weighted by Crippen LogP contribution is 2.17. The number of hydrogen-bond donors (Lipinski definition) is 0. The second-order valence-corrected chi connectivity index (χ2v) is 6.34. The molecule has 5 heteroatoms. The van der Waals surface area contributed by atoms with Crippen LogP contribution in [0.25, 0.3) is 11.0 Å². The van der Waals surface area contributed by atoms with Crippen LogP contribution in [0.5, 0.6) is 0 Å². The van der Waals surface area contributed by atoms with Crippen molar-refractivity contribution in [1.29, 1.82) is 0 Å². The molecule has 0 radical (unpaired) electrons. The van der Waals surface area contributed by atoms with E-state index in [2.05, 4.69) is 15.0 Å². The van der Waals surface area contributed by atoms with E-state index in [1.54, 1.807) is 12.4 Å². The van der Waals surface area contributed by atoms with Crippen LogP contribution >= 0.6 is 0 Å². The highest BCUT2D eigenvalue weighted by atomic mass is 32.2. The van der Waals surface area contributed by atoms with Crippen molar-refractivity contribution >= 4 is 21.8 Å². The quantitative estimate of drug-likeness (QED) is 0.746. The average molecular weight is 297 g/mol. The molecule has 0 N–H and O–H groups in total. The zero-order valence-corrected chi connectivity index (χ0v) is 12.7. The Morgan fingerprint density at radius 2 is 1.81 bits per heavy atom. The first-order valence-electron chi connectivity index (χ1n) is 6.66. The number of nitrogens with zero attached hydrogens (tertiary/aromatic N) is 3. The molecule has 1 aromatic carbocycles. The maximum absolute atomic E-state index is 12.4. The zero-order valence-electron chi connectivity index (χ0n) is 11.9. The summed E-state index contributed by atoms with van der Waals surface area (Å²) in [5.74, 6) is 0.353. The minimum absolute atomic E-state index is 0.353. The molecule has 0 saturated carbocycles. The Morgan fingerprint density at radius 3 is 2.52 bits per heavy atom. The number of rotatable bonds is 3. The molecular weight excluding hydrogens is 282 g/mol. The van der Waals surface area contributed by atoms with Crippen molar-refractivity contribution < 1.29 is 4.21 Å². The van der Waals surface area contributed by atoms with Crippen molar-refractivity contribution in [3.8, 4) is 0 Å². The van der Waals surface area contributed by atoms with Crippen molar-refractivity contribution in [1.82, 2.24) is 15.0 Å². The molecule has 1 atom stereocenters. The van der Waals surface area contributed by atoms with E-state index in [0.717, 1.165) is 22.3 Å². The maximum atomic E-state index is 12.4. The van der Waals surface area contributed by atoms with Crippen molar-refractivity contribution in [2.24, 2.45) is 0 Å². The molecule has 2 heterocycles. The summed E-state index contributed by atoms with van der Waals surface area (Å²) < 4.78 is 12.4. The molecule has 0 saturated heterocycles. The first kappa shape index (κ1) is 13.8. The van der Waals surface area contributed by atoms with E-state index in [1.165, 1.54) is 5.56 Å². The minimum Gasteiger partial charge on any atom is -0.260 e. The molecule has 0 amide bonds. The van der Waals surface area contributed by atoms with Crippen LogP contribution in [0.1, 0.15) is 16.8 Å². The zero-order chi connectivity index (χ0) is 14.8. The largest absolute Gasteiger partial charge is 0.260 e. The van der Waals surface area contributed by atoms with Gasteiger partial charge in [0.2, 0.25) is 0 Å². The Bertz CT molecular complexity index is 818. The summed E-state index contributed by atoms with van der Waals surface area (Å²) in [7, 11) is -1.24. The fraction of sp³-hybridized carbons (Fsp3) is 0.188. The van der Waals surface area contributed by atoms with Gasteiger partial charge in [0.25, 0.3) is 0 Å². The summed E-state index contributed by atoms with van der Waals surface area (Å²) in [6, 6.07) is 9.58. The second-order valence-electron chi connectivity index (χ2n) is 4.94. The highest BCUT2D eigenvalue weighted by molar-refractivity contribution is 7.84. The fourth-order valence-electron chi connectivity index (χ4n) is 2.05. The second kappa shape index (κ2) is 5.69. The first-order valence-corrected chi connectivity index (χ1v) is 7.97. The first-order chi connectivity index (χ1) is 10.1. The Kier molecular flexibility index (Phi) is 3.75. The lowest BCUT2D eigenvalue weighted by Gasteiger charge is -2.05. The van der Waals surface area contributed by atoms with Crippen molar-refractivity contribution in [3.63, 3.8) is 0 Å². The van der Waals surface area contributed by atoms with Crippen LogP contribution < -0.4 is 0 Å². The molecule has 3 aromatic rings. The van der Waals surface area contributed by atoms with Crippen LogP contribution in [0.4, 0.5) is 0 Å². The molecule has 0 spiro atoms. The monoisotopic (exact) mass is 297 g/mol. The Labute approximate surface area is 125 Å². The Hall–Kier alpha value is -2.14. The fourth-order valence-corrected chi connectivity index (χ4v) is 3.01. The van der Waals surface area contributed by atoms with E-state index in [1.807, 2.05) is 44.2 Å². The Balaban J connectivity index is 1.93. The molecule has 0 bridgehead atoms. The standard InChI is InChI=1S/C16H15N3OS/c1-11-7-14-15(8-12(11)2)19-16(9-18-14)21(20)10-13-5-3-4-6-17-13/h3-9H,10H2,1-2H3. The normalized spacial score (nSPS) is 12.5. The van der Waals surface area contributed by atoms with Crippen LogP contribution in [-0.4, -0.2) is 19.2 Å². The number of pyridine rings is 1. The summed E-state index contributed by atoms with van der Waals surface area (Å²) in [5, 5.41) is 0.497. The van der Waals surface area contributed by atoms with Crippen LogP contribution in [0.2, 0.25) is 0 Å². The van der Waals surface area contributed by atoms with Gasteiger partial charge >= 0.3 is 0 Å². The molecule has 2 aromatic heterocycles. The van der Waals surface area contributed by atoms with Crippen LogP contribution in [0.3, 0.4) is 0 Å². The van der Waals surface area contributed by atoms with E-state index in [0.29, 0.717) is 10.8 Å². The van der Waals surface area contributed by atoms with Crippen molar-refractivity contribution in [2.75, 3.05) is 0 Å². The van der Waals surface area contributed by atoms with Crippen LogP contribution in [0.15, 0.2) is 47.8 Å². The summed E-state index contributed by atoms with van der Waals surface area (Å²) in [6.45, 7) is 4.08. The number of hydrogen-bond acceptors (Lipinski definition) is 4. The summed E-state index contributed by atoms with van der Waals surface area (Å²) in [5.41, 5.74) is 4.74. The third-order valence-corrected chi connectivity index (χ3v) is 4.60. The lowest BCUT2D eigenvalue weighted by Crippen LogP contribution is -2.02. The SMILES string of the molecule is Cc1cc2ncc(S(=O)Cc3ccccn3)nc2cc1C. The minimum atomic E-state index is -1.24. The van der Waals surface area contributed by atoms with Gasteiger partial charge in [-0.15, -0.1) is 0 Å². The molecule has 1 unspecified atom stereocenters. The van der Waals surface area contributed by atoms with Crippen molar-refractivity contribution in [3.05, 3.63) is 59.5 Å². The van der Waals surface area contributed by atoms with Gasteiger partial charge in [0.05, 0.1) is 39.5 Å². The number of benzene rings is 1. The van der Waals surface area contributed by atoms with Gasteiger partial charge in [0.1, 0.15) is 5.03 Å². The number of fused-ring (bicyclic) bond motifs is 1. The third kappa shape index (κ3) is 2.97. The van der Waals surface area contributed by atoms with Gasteiger partial charge in [-0.25, -0.2) is 4.98 Å². The van der Waals surface area contributed by atoms with E-state index < -0.39 is 10.8 Å². The van der Waals surface area contributed by atoms with Crippen molar-refractivity contribution in [2.45, 2.75) is 24.6 Å². The molecular formula is C16H15N3OS. The predicted molar refractivity (Wildman–Crippen MR) is 83.4 cm³/mol. The Morgan fingerprint density at radius 1 is 1.05 bits per heavy atom. The maximum Gasteiger partial charge on any atom is 0.146 e. The van der Waals surface area contributed by atoms with Gasteiger partial charge in [-0.3, -0.25) is 14.2 Å². The number of aryl methyl sites for hydroxylation is 2. The van der Waals surface area contributed by atoms with Gasteiger partial charge in [-0.05, 0) is 49.2 Å². The molecule has 0 aliphatic heterocycles. The molecule has 0 aliphatic rings. The molecule has 4 nitrogen and oxygen atoms in total. The lowest BCUT2D eigenvalue weighted by molar-refractivity contribution is 0.679. The van der Waals surface area contributed by atoms with Crippen LogP contribution in [-0.2, 0) is 16.6 Å². The van der Waals surface area contributed by atoms with E-state index in [4.69, 9.17) is 0 Å². The van der Waals surface area contributed by atoms with E-state index >= 15 is 0 Å². The molecule has 3 rings (SSSR count). The number of aromatic nitrogens is 3. The summed E-state index contributed by atoms with van der Waals surface area (Å²) in [6.07, 6.45) is 3.29. The molecule has 106 valence electrons. The smallest absolute Gasteiger partial charge is 0.146 e. The van der Waals surface area contributed by atoms with Gasteiger partial charge in [0.15, 0.2) is 0 Å². The summed E-state index contributed by atoms with van der Waals surface area (Å²) >= 11 is 0. The van der Waals surface area contributed by atoms with Gasteiger partial charge in [-0.1, -0.05) is 6.07 Å². The van der Waals surface area contributed by atoms with Gasteiger partial charge < -0.3 is 0 Å². The summed E-state index contributed by atoms with van der Waals surface area (Å²) in [4.78, 5) is 13.0. The lowest BCUT2D eigenvalue weighted by atomic mass is 10.1. The molecule has 0 fully saturated rings. The highest BCUT2D eigenvalue weighted by Gasteiger charge is 2.10. The topological polar surface area (TPSA) is 55.7 Å². The third-order valence-electron chi connectivity index (χ3n) is 3.37.